The van der Waals surface area contributed by atoms with Crippen molar-refractivity contribution in [3.63, 3.8) is 0 Å². The summed E-state index contributed by atoms with van der Waals surface area (Å²) in [5.41, 5.74) is 0.0408. The molecule has 0 atom stereocenters. The highest BCUT2D eigenvalue weighted by atomic mass is 16.7. The first-order valence-corrected chi connectivity index (χ1v) is 4.88. The molecule has 0 saturated carbocycles. The third kappa shape index (κ3) is 2.17. The molecule has 0 radical (unpaired) electrons. The van der Waals surface area contributed by atoms with Crippen LogP contribution in [0.3, 0.4) is 0 Å². The van der Waals surface area contributed by atoms with E-state index < -0.39 is 5.79 Å². The van der Waals surface area contributed by atoms with Gasteiger partial charge in [0.05, 0.1) is 0 Å². The Bertz CT molecular complexity index is 231. The third-order valence-corrected chi connectivity index (χ3v) is 1.97. The molecule has 0 aliphatic carbocycles. The minimum Gasteiger partial charge on any atom is -0.454 e. The first kappa shape index (κ1) is 10.4. The van der Waals surface area contributed by atoms with Crippen LogP contribution in [0, 0.1) is 5.41 Å². The van der Waals surface area contributed by atoms with Crippen LogP contribution >= 0.6 is 0 Å². The van der Waals surface area contributed by atoms with E-state index in [1.54, 1.807) is 0 Å². The lowest BCUT2D eigenvalue weighted by Gasteiger charge is -2.23. The Morgan fingerprint density at radius 3 is 2.00 bits per heavy atom. The summed E-state index contributed by atoms with van der Waals surface area (Å²) in [6, 6.07) is 0. The van der Waals surface area contributed by atoms with Gasteiger partial charge in [-0.1, -0.05) is 27.7 Å². The van der Waals surface area contributed by atoms with Crippen LogP contribution in [-0.2, 0) is 9.47 Å². The van der Waals surface area contributed by atoms with Crippen LogP contribution in [0.1, 0.15) is 48.0 Å². The van der Waals surface area contributed by atoms with Crippen LogP contribution in [0.5, 0.6) is 0 Å². The van der Waals surface area contributed by atoms with Gasteiger partial charge in [0.2, 0.25) is 5.79 Å². The average Bonchev–Trinajstić information content (AvgIpc) is 2.24. The standard InChI is InChI=1S/C11H20O2/c1-7-8-9(10(2,3)4)13-11(5,6)12-8/h7H2,1-6H3. The fourth-order valence-electron chi connectivity index (χ4n) is 1.47. The molecule has 13 heavy (non-hydrogen) atoms. The predicted octanol–water partition coefficient (Wildman–Crippen LogP) is 3.44. The smallest absolute Gasteiger partial charge is 0.245 e. The van der Waals surface area contributed by atoms with E-state index in [4.69, 9.17) is 9.47 Å². The maximum atomic E-state index is 5.77. The number of hydrogen-bond acceptors (Lipinski definition) is 2. The molecule has 1 aliphatic rings. The topological polar surface area (TPSA) is 18.5 Å². The molecule has 0 saturated heterocycles. The Kier molecular flexibility index (Phi) is 2.35. The van der Waals surface area contributed by atoms with Gasteiger partial charge < -0.3 is 9.47 Å². The monoisotopic (exact) mass is 184 g/mol. The van der Waals surface area contributed by atoms with Crippen molar-refractivity contribution >= 4 is 0 Å². The lowest BCUT2D eigenvalue weighted by atomic mass is 9.92. The lowest BCUT2D eigenvalue weighted by molar-refractivity contribution is -0.130. The van der Waals surface area contributed by atoms with Gasteiger partial charge in [0.25, 0.3) is 0 Å². The fraction of sp³-hybridized carbons (Fsp3) is 0.818. The van der Waals surface area contributed by atoms with Crippen LogP contribution in [0.15, 0.2) is 11.5 Å². The number of hydrogen-bond donors (Lipinski definition) is 0. The van der Waals surface area contributed by atoms with Crippen molar-refractivity contribution in [1.29, 1.82) is 0 Å². The minimum absolute atomic E-state index is 0.0408. The van der Waals surface area contributed by atoms with Crippen molar-refractivity contribution in [3.05, 3.63) is 11.5 Å². The highest BCUT2D eigenvalue weighted by Crippen LogP contribution is 2.41. The molecule has 0 fully saturated rings. The molecule has 1 heterocycles. The van der Waals surface area contributed by atoms with E-state index in [0.29, 0.717) is 0 Å². The molecule has 2 heteroatoms. The molecule has 0 aromatic rings. The SMILES string of the molecule is CCC1=C(C(C)(C)C)OC(C)(C)O1. The molecule has 0 unspecified atom stereocenters. The van der Waals surface area contributed by atoms with Gasteiger partial charge in [0.1, 0.15) is 11.5 Å². The highest BCUT2D eigenvalue weighted by molar-refractivity contribution is 5.13. The van der Waals surface area contributed by atoms with Crippen LogP contribution in [0.2, 0.25) is 0 Å². The second-order valence-corrected chi connectivity index (χ2v) is 4.96. The summed E-state index contributed by atoms with van der Waals surface area (Å²) in [6.07, 6.45) is 0.899. The summed E-state index contributed by atoms with van der Waals surface area (Å²) in [7, 11) is 0. The quantitative estimate of drug-likeness (QED) is 0.621. The van der Waals surface area contributed by atoms with E-state index in [1.165, 1.54) is 0 Å². The van der Waals surface area contributed by atoms with Crippen molar-refractivity contribution in [2.24, 2.45) is 5.41 Å². The Balaban J connectivity index is 2.93. The number of allylic oxidation sites excluding steroid dienone is 2. The maximum Gasteiger partial charge on any atom is 0.245 e. The summed E-state index contributed by atoms with van der Waals surface area (Å²) >= 11 is 0. The summed E-state index contributed by atoms with van der Waals surface area (Å²) in [5.74, 6) is 1.52. The van der Waals surface area contributed by atoms with Gasteiger partial charge in [-0.05, 0) is 0 Å². The predicted molar refractivity (Wildman–Crippen MR) is 53.0 cm³/mol. The first-order valence-electron chi connectivity index (χ1n) is 4.88. The van der Waals surface area contributed by atoms with E-state index in [-0.39, 0.29) is 5.41 Å². The summed E-state index contributed by atoms with van der Waals surface area (Å²) in [5, 5.41) is 0. The molecule has 76 valence electrons. The van der Waals surface area contributed by atoms with Crippen molar-refractivity contribution in [1.82, 2.24) is 0 Å². The van der Waals surface area contributed by atoms with E-state index in [2.05, 4.69) is 27.7 Å². The lowest BCUT2D eigenvalue weighted by Crippen LogP contribution is -2.23. The first-order chi connectivity index (χ1) is 5.76. The molecule has 0 aromatic carbocycles. The molecule has 0 amide bonds. The Labute approximate surface area is 80.9 Å². The summed E-state index contributed by atoms with van der Waals surface area (Å²) < 4.78 is 11.5. The molecule has 0 spiro atoms. The molecular formula is C11H20O2. The second kappa shape index (κ2) is 2.93. The Hall–Kier alpha value is -0.660. The van der Waals surface area contributed by atoms with Gasteiger partial charge in [-0.3, -0.25) is 0 Å². The third-order valence-electron chi connectivity index (χ3n) is 1.97. The number of rotatable bonds is 1. The van der Waals surface area contributed by atoms with Crippen molar-refractivity contribution < 1.29 is 9.47 Å². The van der Waals surface area contributed by atoms with Crippen LogP contribution in [-0.4, -0.2) is 5.79 Å². The van der Waals surface area contributed by atoms with Gasteiger partial charge in [0, 0.05) is 25.7 Å². The molecular weight excluding hydrogens is 164 g/mol. The molecule has 0 N–H and O–H groups in total. The van der Waals surface area contributed by atoms with Gasteiger partial charge >= 0.3 is 0 Å². The van der Waals surface area contributed by atoms with Crippen LogP contribution in [0.4, 0.5) is 0 Å². The molecule has 0 aromatic heterocycles. The second-order valence-electron chi connectivity index (χ2n) is 4.96. The fourth-order valence-corrected chi connectivity index (χ4v) is 1.47. The van der Waals surface area contributed by atoms with Gasteiger partial charge in [-0.25, -0.2) is 0 Å². The van der Waals surface area contributed by atoms with Crippen LogP contribution in [0.25, 0.3) is 0 Å². The molecule has 0 bridgehead atoms. The minimum atomic E-state index is -0.478. The highest BCUT2D eigenvalue weighted by Gasteiger charge is 2.38. The summed E-state index contributed by atoms with van der Waals surface area (Å²) in [6.45, 7) is 12.4. The van der Waals surface area contributed by atoms with Gasteiger partial charge in [0.15, 0.2) is 0 Å². The van der Waals surface area contributed by atoms with Crippen molar-refractivity contribution in [2.45, 2.75) is 53.8 Å². The van der Waals surface area contributed by atoms with Crippen LogP contribution < -0.4 is 0 Å². The van der Waals surface area contributed by atoms with Gasteiger partial charge in [-0.15, -0.1) is 0 Å². The van der Waals surface area contributed by atoms with E-state index >= 15 is 0 Å². The normalized spacial score (nSPS) is 21.4. The molecule has 1 rings (SSSR count). The number of ether oxygens (including phenoxy) is 2. The molecule has 2 nitrogen and oxygen atoms in total. The maximum absolute atomic E-state index is 5.77. The van der Waals surface area contributed by atoms with E-state index in [1.807, 2.05) is 13.8 Å². The largest absolute Gasteiger partial charge is 0.454 e. The van der Waals surface area contributed by atoms with E-state index in [0.717, 1.165) is 17.9 Å². The van der Waals surface area contributed by atoms with E-state index in [9.17, 15) is 0 Å². The Morgan fingerprint density at radius 2 is 1.69 bits per heavy atom. The summed E-state index contributed by atoms with van der Waals surface area (Å²) in [4.78, 5) is 0. The van der Waals surface area contributed by atoms with Crippen molar-refractivity contribution in [2.75, 3.05) is 0 Å². The zero-order valence-corrected chi connectivity index (χ0v) is 9.52. The van der Waals surface area contributed by atoms with Crippen molar-refractivity contribution in [3.8, 4) is 0 Å². The molecule has 1 aliphatic heterocycles. The zero-order valence-electron chi connectivity index (χ0n) is 9.52. The zero-order chi connectivity index (χ0) is 10.3. The van der Waals surface area contributed by atoms with Gasteiger partial charge in [-0.2, -0.15) is 0 Å². The average molecular weight is 184 g/mol. The Morgan fingerprint density at radius 1 is 1.15 bits per heavy atom.